The predicted octanol–water partition coefficient (Wildman–Crippen LogP) is 1.72. The van der Waals surface area contributed by atoms with E-state index in [4.69, 9.17) is 0 Å². The quantitative estimate of drug-likeness (QED) is 0.841. The summed E-state index contributed by atoms with van der Waals surface area (Å²) in [6.45, 7) is 9.85. The summed E-state index contributed by atoms with van der Waals surface area (Å²) in [6.07, 6.45) is 3.40. The van der Waals surface area contributed by atoms with Crippen LogP contribution in [-0.4, -0.2) is 76.9 Å². The molecule has 6 heteroatoms. The number of rotatable bonds is 4. The molecule has 3 heterocycles. The van der Waals surface area contributed by atoms with E-state index < -0.39 is 0 Å². The maximum Gasteiger partial charge on any atom is 0.272 e. The van der Waals surface area contributed by atoms with Crippen molar-refractivity contribution in [3.8, 4) is 0 Å². The molecule has 0 aliphatic carbocycles. The zero-order valence-electron chi connectivity index (χ0n) is 15.2. The number of nitrogens with zero attached hydrogens (tertiary/aromatic N) is 5. The van der Waals surface area contributed by atoms with Crippen LogP contribution in [0, 0.1) is 6.92 Å². The average molecular weight is 331 g/mol. The van der Waals surface area contributed by atoms with Crippen molar-refractivity contribution < 1.29 is 4.79 Å². The van der Waals surface area contributed by atoms with Crippen LogP contribution in [-0.2, 0) is 0 Å². The molecule has 24 heavy (non-hydrogen) atoms. The minimum absolute atomic E-state index is 0.0542. The van der Waals surface area contributed by atoms with Gasteiger partial charge in [-0.25, -0.2) is 9.97 Å². The highest BCUT2D eigenvalue weighted by molar-refractivity contribution is 5.92. The highest BCUT2D eigenvalue weighted by atomic mass is 16.2. The fraction of sp³-hybridized carbons (Fsp3) is 0.722. The lowest BCUT2D eigenvalue weighted by Crippen LogP contribution is -2.49. The van der Waals surface area contributed by atoms with Crippen LogP contribution in [0.15, 0.2) is 6.07 Å². The number of hydrogen-bond donors (Lipinski definition) is 0. The molecule has 1 aromatic heterocycles. The standard InChI is InChI=1S/C18H29N5O/c1-4-7-22-9-11-23(12-10-22)18(24)15-13-14(2)19-17(20-15)16-6-5-8-21(16)3/h13,16H,4-12H2,1-3H3/t16-/m0/s1. The van der Waals surface area contributed by atoms with Gasteiger partial charge in [0.1, 0.15) is 11.5 Å². The maximum atomic E-state index is 12.9. The molecule has 0 radical (unpaired) electrons. The molecule has 0 aromatic carbocycles. The van der Waals surface area contributed by atoms with Crippen molar-refractivity contribution in [2.45, 2.75) is 39.2 Å². The van der Waals surface area contributed by atoms with Crippen LogP contribution in [0.1, 0.15) is 54.2 Å². The van der Waals surface area contributed by atoms with Crippen LogP contribution in [0.4, 0.5) is 0 Å². The Morgan fingerprint density at radius 3 is 2.58 bits per heavy atom. The largest absolute Gasteiger partial charge is 0.335 e. The van der Waals surface area contributed by atoms with Crippen molar-refractivity contribution in [1.29, 1.82) is 0 Å². The van der Waals surface area contributed by atoms with Crippen LogP contribution in [0.25, 0.3) is 0 Å². The number of hydrogen-bond acceptors (Lipinski definition) is 5. The van der Waals surface area contributed by atoms with Gasteiger partial charge in [0.2, 0.25) is 0 Å². The molecule has 2 saturated heterocycles. The van der Waals surface area contributed by atoms with E-state index in [1.165, 1.54) is 6.42 Å². The lowest BCUT2D eigenvalue weighted by atomic mass is 10.2. The fourth-order valence-electron chi connectivity index (χ4n) is 3.74. The first-order chi connectivity index (χ1) is 11.6. The molecule has 3 rings (SSSR count). The van der Waals surface area contributed by atoms with E-state index in [9.17, 15) is 4.79 Å². The summed E-state index contributed by atoms with van der Waals surface area (Å²) >= 11 is 0. The number of carbonyl (C=O) groups is 1. The zero-order chi connectivity index (χ0) is 17.1. The van der Waals surface area contributed by atoms with Gasteiger partial charge < -0.3 is 4.90 Å². The van der Waals surface area contributed by atoms with Crippen molar-refractivity contribution >= 4 is 5.91 Å². The van der Waals surface area contributed by atoms with Crippen LogP contribution in [0.3, 0.4) is 0 Å². The molecule has 0 spiro atoms. The van der Waals surface area contributed by atoms with E-state index in [0.717, 1.165) is 63.6 Å². The van der Waals surface area contributed by atoms with Crippen LogP contribution in [0.5, 0.6) is 0 Å². The molecular formula is C18H29N5O. The normalized spacial score (nSPS) is 23.0. The minimum Gasteiger partial charge on any atom is -0.335 e. The molecule has 6 nitrogen and oxygen atoms in total. The fourth-order valence-corrected chi connectivity index (χ4v) is 3.74. The Labute approximate surface area is 144 Å². The molecule has 1 aromatic rings. The summed E-state index contributed by atoms with van der Waals surface area (Å²) in [6, 6.07) is 2.08. The third-order valence-electron chi connectivity index (χ3n) is 5.11. The van der Waals surface area contributed by atoms with Gasteiger partial charge in [-0.1, -0.05) is 6.92 Å². The highest BCUT2D eigenvalue weighted by Crippen LogP contribution is 2.28. The van der Waals surface area contributed by atoms with E-state index in [1.54, 1.807) is 0 Å². The van der Waals surface area contributed by atoms with Gasteiger partial charge in [0, 0.05) is 31.9 Å². The Hall–Kier alpha value is -1.53. The molecule has 0 bridgehead atoms. The summed E-state index contributed by atoms with van der Waals surface area (Å²) in [5, 5.41) is 0. The van der Waals surface area contributed by atoms with Crippen molar-refractivity contribution in [2.24, 2.45) is 0 Å². The van der Waals surface area contributed by atoms with Crippen LogP contribution in [0.2, 0.25) is 0 Å². The molecule has 2 aliphatic rings. The van der Waals surface area contributed by atoms with Gasteiger partial charge in [0.15, 0.2) is 0 Å². The van der Waals surface area contributed by atoms with Crippen molar-refractivity contribution in [1.82, 2.24) is 24.7 Å². The van der Waals surface area contributed by atoms with Gasteiger partial charge in [-0.2, -0.15) is 0 Å². The topological polar surface area (TPSA) is 52.6 Å². The number of carbonyl (C=O) groups excluding carboxylic acids is 1. The van der Waals surface area contributed by atoms with Gasteiger partial charge >= 0.3 is 0 Å². The summed E-state index contributed by atoms with van der Waals surface area (Å²) < 4.78 is 0. The SMILES string of the molecule is CCCN1CCN(C(=O)c2cc(C)nc([C@@H]3CCCN3C)n2)CC1. The third kappa shape index (κ3) is 3.75. The van der Waals surface area contributed by atoms with Crippen molar-refractivity contribution in [3.05, 3.63) is 23.3 Å². The summed E-state index contributed by atoms with van der Waals surface area (Å²) in [5.41, 5.74) is 1.44. The third-order valence-corrected chi connectivity index (χ3v) is 5.11. The van der Waals surface area contributed by atoms with E-state index in [0.29, 0.717) is 5.69 Å². The van der Waals surface area contributed by atoms with E-state index in [2.05, 4.69) is 33.7 Å². The molecule has 0 unspecified atom stereocenters. The first-order valence-corrected chi connectivity index (χ1v) is 9.16. The Kier molecular flexibility index (Phi) is 5.46. The first-order valence-electron chi connectivity index (χ1n) is 9.16. The molecule has 2 fully saturated rings. The minimum atomic E-state index is 0.0542. The van der Waals surface area contributed by atoms with E-state index in [-0.39, 0.29) is 11.9 Å². The Morgan fingerprint density at radius 2 is 1.96 bits per heavy atom. The van der Waals surface area contributed by atoms with Gasteiger partial charge in [-0.05, 0) is 52.4 Å². The lowest BCUT2D eigenvalue weighted by molar-refractivity contribution is 0.0630. The molecule has 132 valence electrons. The zero-order valence-corrected chi connectivity index (χ0v) is 15.2. The van der Waals surface area contributed by atoms with Gasteiger partial charge in [-0.3, -0.25) is 14.6 Å². The predicted molar refractivity (Wildman–Crippen MR) is 94.0 cm³/mol. The molecule has 1 atom stereocenters. The number of aromatic nitrogens is 2. The number of amides is 1. The van der Waals surface area contributed by atoms with Crippen molar-refractivity contribution in [3.63, 3.8) is 0 Å². The van der Waals surface area contributed by atoms with E-state index >= 15 is 0 Å². The second-order valence-electron chi connectivity index (χ2n) is 7.03. The Bertz CT molecular complexity index is 583. The molecular weight excluding hydrogens is 302 g/mol. The summed E-state index contributed by atoms with van der Waals surface area (Å²) in [7, 11) is 2.11. The maximum absolute atomic E-state index is 12.9. The monoisotopic (exact) mass is 331 g/mol. The summed E-state index contributed by atoms with van der Waals surface area (Å²) in [5.74, 6) is 0.863. The molecule has 2 aliphatic heterocycles. The van der Waals surface area contributed by atoms with Gasteiger partial charge in [0.25, 0.3) is 5.91 Å². The number of piperazine rings is 1. The number of aryl methyl sites for hydroxylation is 1. The Morgan fingerprint density at radius 1 is 1.21 bits per heavy atom. The smallest absolute Gasteiger partial charge is 0.272 e. The van der Waals surface area contributed by atoms with E-state index in [1.807, 2.05) is 17.9 Å². The second kappa shape index (κ2) is 7.57. The lowest BCUT2D eigenvalue weighted by Gasteiger charge is -2.34. The average Bonchev–Trinajstić information content (AvgIpc) is 3.01. The Balaban J connectivity index is 1.72. The van der Waals surface area contributed by atoms with Gasteiger partial charge in [0.05, 0.1) is 6.04 Å². The van der Waals surface area contributed by atoms with Gasteiger partial charge in [-0.15, -0.1) is 0 Å². The van der Waals surface area contributed by atoms with Crippen LogP contribution < -0.4 is 0 Å². The molecule has 0 saturated carbocycles. The number of likely N-dealkylation sites (tertiary alicyclic amines) is 1. The van der Waals surface area contributed by atoms with Crippen LogP contribution >= 0.6 is 0 Å². The first kappa shape index (κ1) is 17.3. The summed E-state index contributed by atoms with van der Waals surface area (Å²) in [4.78, 5) is 28.8. The molecule has 0 N–H and O–H groups in total. The highest BCUT2D eigenvalue weighted by Gasteiger charge is 2.28. The molecule has 1 amide bonds. The second-order valence-corrected chi connectivity index (χ2v) is 7.03. The van der Waals surface area contributed by atoms with Crippen molar-refractivity contribution in [2.75, 3.05) is 46.3 Å².